The highest BCUT2D eigenvalue weighted by atomic mass is 16.4. The van der Waals surface area contributed by atoms with Crippen LogP contribution in [0.2, 0.25) is 0 Å². The summed E-state index contributed by atoms with van der Waals surface area (Å²) in [6.07, 6.45) is -0.0770. The van der Waals surface area contributed by atoms with Crippen molar-refractivity contribution < 1.29 is 15.0 Å². The van der Waals surface area contributed by atoms with Crippen LogP contribution >= 0.6 is 0 Å². The van der Waals surface area contributed by atoms with Crippen LogP contribution in [0.1, 0.15) is 31.9 Å². The highest BCUT2D eigenvalue weighted by Gasteiger charge is 2.23. The minimum absolute atomic E-state index is 0.286. The lowest BCUT2D eigenvalue weighted by Crippen LogP contribution is -2.44. The van der Waals surface area contributed by atoms with Gasteiger partial charge in [0, 0.05) is 25.8 Å². The molecule has 112 valence electrons. The number of hydrogen-bond acceptors (Lipinski definition) is 4. The van der Waals surface area contributed by atoms with Crippen LogP contribution in [0.25, 0.3) is 0 Å². The second-order valence-corrected chi connectivity index (χ2v) is 5.17. The molecule has 20 heavy (non-hydrogen) atoms. The van der Waals surface area contributed by atoms with Crippen molar-refractivity contribution in [3.8, 4) is 0 Å². The van der Waals surface area contributed by atoms with Crippen LogP contribution in [0, 0.1) is 0 Å². The SMILES string of the molecule is CCC(NC(C)C(=O)O)C(O)c1ccc(N(C)C)cc1. The summed E-state index contributed by atoms with van der Waals surface area (Å²) in [5, 5.41) is 22.2. The fourth-order valence-corrected chi connectivity index (χ4v) is 2.03. The molecule has 0 fully saturated rings. The van der Waals surface area contributed by atoms with Gasteiger partial charge in [0.1, 0.15) is 6.04 Å². The van der Waals surface area contributed by atoms with Gasteiger partial charge in [-0.15, -0.1) is 0 Å². The van der Waals surface area contributed by atoms with E-state index in [2.05, 4.69) is 5.32 Å². The molecule has 1 aromatic carbocycles. The van der Waals surface area contributed by atoms with E-state index in [4.69, 9.17) is 5.11 Å². The first-order valence-corrected chi connectivity index (χ1v) is 6.81. The number of carboxylic acid groups (broad SMARTS) is 1. The highest BCUT2D eigenvalue weighted by molar-refractivity contribution is 5.72. The van der Waals surface area contributed by atoms with E-state index in [1.165, 1.54) is 0 Å². The lowest BCUT2D eigenvalue weighted by molar-refractivity contribution is -0.139. The quantitative estimate of drug-likeness (QED) is 0.708. The third-order valence-electron chi connectivity index (χ3n) is 3.41. The Morgan fingerprint density at radius 2 is 1.85 bits per heavy atom. The summed E-state index contributed by atoms with van der Waals surface area (Å²) in [6, 6.07) is 6.64. The number of benzene rings is 1. The first-order valence-electron chi connectivity index (χ1n) is 6.81. The Kier molecular flexibility index (Phi) is 5.98. The van der Waals surface area contributed by atoms with Crippen molar-refractivity contribution in [1.29, 1.82) is 0 Å². The van der Waals surface area contributed by atoms with E-state index in [1.807, 2.05) is 50.2 Å². The lowest BCUT2D eigenvalue weighted by Gasteiger charge is -2.25. The van der Waals surface area contributed by atoms with Gasteiger partial charge in [-0.1, -0.05) is 19.1 Å². The van der Waals surface area contributed by atoms with Gasteiger partial charge in [-0.2, -0.15) is 0 Å². The Labute approximate surface area is 120 Å². The first-order chi connectivity index (χ1) is 9.36. The van der Waals surface area contributed by atoms with E-state index in [1.54, 1.807) is 6.92 Å². The summed E-state index contributed by atoms with van der Waals surface area (Å²) in [4.78, 5) is 12.9. The molecule has 0 amide bonds. The molecular formula is C15H24N2O3. The topological polar surface area (TPSA) is 72.8 Å². The number of rotatable bonds is 7. The molecule has 1 aromatic rings. The maximum Gasteiger partial charge on any atom is 0.320 e. The molecule has 0 aliphatic carbocycles. The number of carboxylic acids is 1. The average molecular weight is 280 g/mol. The predicted molar refractivity (Wildman–Crippen MR) is 80.0 cm³/mol. The molecule has 0 bridgehead atoms. The van der Waals surface area contributed by atoms with Gasteiger partial charge in [-0.3, -0.25) is 10.1 Å². The van der Waals surface area contributed by atoms with E-state index in [0.29, 0.717) is 6.42 Å². The highest BCUT2D eigenvalue weighted by Crippen LogP contribution is 2.22. The number of aliphatic carboxylic acids is 1. The summed E-state index contributed by atoms with van der Waals surface area (Å²) >= 11 is 0. The van der Waals surface area contributed by atoms with Crippen molar-refractivity contribution >= 4 is 11.7 Å². The van der Waals surface area contributed by atoms with Crippen LogP contribution in [0.3, 0.4) is 0 Å². The van der Waals surface area contributed by atoms with Crippen LogP contribution < -0.4 is 10.2 Å². The molecule has 5 nitrogen and oxygen atoms in total. The summed E-state index contributed by atoms with van der Waals surface area (Å²) in [6.45, 7) is 3.50. The number of carbonyl (C=O) groups is 1. The maximum atomic E-state index is 10.9. The molecule has 0 heterocycles. The van der Waals surface area contributed by atoms with Crippen LogP contribution in [-0.2, 0) is 4.79 Å². The van der Waals surface area contributed by atoms with E-state index in [0.717, 1.165) is 11.3 Å². The minimum Gasteiger partial charge on any atom is -0.480 e. The second kappa shape index (κ2) is 7.26. The maximum absolute atomic E-state index is 10.9. The Hall–Kier alpha value is -1.59. The molecule has 0 aromatic heterocycles. The van der Waals surface area contributed by atoms with Crippen molar-refractivity contribution in [3.63, 3.8) is 0 Å². The number of nitrogens with zero attached hydrogens (tertiary/aromatic N) is 1. The van der Waals surface area contributed by atoms with E-state index < -0.39 is 18.1 Å². The van der Waals surface area contributed by atoms with Crippen molar-refractivity contribution in [1.82, 2.24) is 5.32 Å². The van der Waals surface area contributed by atoms with Crippen LogP contribution in [-0.4, -0.2) is 42.4 Å². The zero-order valence-corrected chi connectivity index (χ0v) is 12.5. The molecule has 3 atom stereocenters. The van der Waals surface area contributed by atoms with Crippen molar-refractivity contribution in [2.24, 2.45) is 0 Å². The molecule has 3 unspecified atom stereocenters. The summed E-state index contributed by atoms with van der Waals surface area (Å²) in [5.74, 6) is -0.918. The number of hydrogen-bond donors (Lipinski definition) is 3. The summed E-state index contributed by atoms with van der Waals surface area (Å²) in [5.41, 5.74) is 1.84. The molecule has 1 rings (SSSR count). The average Bonchev–Trinajstić information content (AvgIpc) is 2.43. The van der Waals surface area contributed by atoms with Crippen molar-refractivity contribution in [2.75, 3.05) is 19.0 Å². The zero-order valence-electron chi connectivity index (χ0n) is 12.5. The standard InChI is InChI=1S/C15H24N2O3/c1-5-13(16-10(2)15(19)20)14(18)11-6-8-12(9-7-11)17(3)4/h6-10,13-14,16,18H,5H2,1-4H3,(H,19,20). The van der Waals surface area contributed by atoms with Gasteiger partial charge < -0.3 is 15.1 Å². The van der Waals surface area contributed by atoms with E-state index in [9.17, 15) is 9.90 Å². The Morgan fingerprint density at radius 3 is 2.25 bits per heavy atom. The molecule has 0 saturated heterocycles. The molecular weight excluding hydrogens is 256 g/mol. The number of anilines is 1. The van der Waals surface area contributed by atoms with Crippen LogP contribution in [0.4, 0.5) is 5.69 Å². The Morgan fingerprint density at radius 1 is 1.30 bits per heavy atom. The molecule has 0 spiro atoms. The van der Waals surface area contributed by atoms with E-state index in [-0.39, 0.29) is 6.04 Å². The van der Waals surface area contributed by atoms with E-state index >= 15 is 0 Å². The van der Waals surface area contributed by atoms with Gasteiger partial charge >= 0.3 is 5.97 Å². The predicted octanol–water partition coefficient (Wildman–Crippen LogP) is 1.63. The Balaban J connectivity index is 2.79. The van der Waals surface area contributed by atoms with Gasteiger partial charge in [0.05, 0.1) is 6.10 Å². The zero-order chi connectivity index (χ0) is 15.3. The number of aliphatic hydroxyl groups is 1. The van der Waals surface area contributed by atoms with Gasteiger partial charge in [0.25, 0.3) is 0 Å². The fourth-order valence-electron chi connectivity index (χ4n) is 2.03. The smallest absolute Gasteiger partial charge is 0.320 e. The van der Waals surface area contributed by atoms with Gasteiger partial charge in [-0.25, -0.2) is 0 Å². The number of nitrogens with one attached hydrogen (secondary N) is 1. The van der Waals surface area contributed by atoms with Crippen LogP contribution in [0.15, 0.2) is 24.3 Å². The molecule has 0 aliphatic heterocycles. The summed E-state index contributed by atoms with van der Waals surface area (Å²) < 4.78 is 0. The molecule has 0 saturated carbocycles. The Bertz CT molecular complexity index is 431. The molecule has 5 heteroatoms. The van der Waals surface area contributed by atoms with Gasteiger partial charge in [0.2, 0.25) is 0 Å². The summed E-state index contributed by atoms with van der Waals surface area (Å²) in [7, 11) is 3.91. The third-order valence-corrected chi connectivity index (χ3v) is 3.41. The van der Waals surface area contributed by atoms with Gasteiger partial charge in [-0.05, 0) is 31.0 Å². The van der Waals surface area contributed by atoms with Crippen LogP contribution in [0.5, 0.6) is 0 Å². The molecule has 0 aliphatic rings. The minimum atomic E-state index is -0.918. The lowest BCUT2D eigenvalue weighted by atomic mass is 9.99. The van der Waals surface area contributed by atoms with Crippen molar-refractivity contribution in [3.05, 3.63) is 29.8 Å². The van der Waals surface area contributed by atoms with Crippen molar-refractivity contribution in [2.45, 2.75) is 38.5 Å². The van der Waals surface area contributed by atoms with Gasteiger partial charge in [0.15, 0.2) is 0 Å². The molecule has 3 N–H and O–H groups in total. The second-order valence-electron chi connectivity index (χ2n) is 5.17. The molecule has 0 radical (unpaired) electrons. The fraction of sp³-hybridized carbons (Fsp3) is 0.533. The first kappa shape index (κ1) is 16.5. The third kappa shape index (κ3) is 4.21. The monoisotopic (exact) mass is 280 g/mol. The number of aliphatic hydroxyl groups excluding tert-OH is 1. The largest absolute Gasteiger partial charge is 0.480 e. The normalized spacial score (nSPS) is 15.4.